The van der Waals surface area contributed by atoms with E-state index in [4.69, 9.17) is 4.74 Å². The summed E-state index contributed by atoms with van der Waals surface area (Å²) in [6, 6.07) is 14.6. The summed E-state index contributed by atoms with van der Waals surface area (Å²) < 4.78 is 19.8. The Morgan fingerprint density at radius 1 is 1.25 bits per heavy atom. The van der Waals surface area contributed by atoms with Crippen molar-refractivity contribution in [2.75, 3.05) is 5.43 Å². The Hall–Kier alpha value is -3.08. The normalized spacial score (nSPS) is 10.8. The van der Waals surface area contributed by atoms with Crippen LogP contribution in [-0.2, 0) is 6.61 Å². The van der Waals surface area contributed by atoms with Gasteiger partial charge >= 0.3 is 0 Å². The van der Waals surface area contributed by atoms with Crippen molar-refractivity contribution in [3.8, 4) is 5.75 Å². The molecule has 3 aromatic rings. The van der Waals surface area contributed by atoms with Crippen LogP contribution >= 0.6 is 22.6 Å². The molecule has 2 aromatic carbocycles. The zero-order valence-corrected chi connectivity index (χ0v) is 16.5. The molecule has 0 unspecified atom stereocenters. The Bertz CT molecular complexity index is 1010. The Labute approximate surface area is 173 Å². The predicted molar refractivity (Wildman–Crippen MR) is 112 cm³/mol. The highest BCUT2D eigenvalue weighted by Crippen LogP contribution is 2.23. The Morgan fingerprint density at radius 2 is 2.11 bits per heavy atom. The summed E-state index contributed by atoms with van der Waals surface area (Å²) in [5.41, 5.74) is 4.21. The molecule has 0 aliphatic rings. The van der Waals surface area contributed by atoms with Gasteiger partial charge in [0, 0.05) is 6.07 Å². The van der Waals surface area contributed by atoms with Gasteiger partial charge in [0.15, 0.2) is 0 Å². The summed E-state index contributed by atoms with van der Waals surface area (Å²) in [6.07, 6.45) is 2.76. The number of pyridine rings is 1. The SMILES string of the molecule is O=[N+]([O-])c1ccc(N/N=C/c2ccc(OCc3cccc(F)c3)c(I)c2)nc1. The van der Waals surface area contributed by atoms with E-state index in [1.165, 1.54) is 24.3 Å². The minimum atomic E-state index is -0.514. The van der Waals surface area contributed by atoms with Crippen molar-refractivity contribution < 1.29 is 14.1 Å². The lowest BCUT2D eigenvalue weighted by Crippen LogP contribution is -1.98. The van der Waals surface area contributed by atoms with Crippen LogP contribution in [0, 0.1) is 19.5 Å². The number of hydrogen-bond donors (Lipinski definition) is 1. The van der Waals surface area contributed by atoms with Gasteiger partial charge in [-0.3, -0.25) is 15.5 Å². The fourth-order valence-corrected chi connectivity index (χ4v) is 2.93. The predicted octanol–water partition coefficient (Wildman–Crippen LogP) is 4.76. The highest BCUT2D eigenvalue weighted by molar-refractivity contribution is 14.1. The van der Waals surface area contributed by atoms with E-state index in [1.807, 2.05) is 18.2 Å². The smallest absolute Gasteiger partial charge is 0.287 e. The van der Waals surface area contributed by atoms with Crippen molar-refractivity contribution in [1.82, 2.24) is 4.98 Å². The zero-order chi connectivity index (χ0) is 19.9. The van der Waals surface area contributed by atoms with Crippen molar-refractivity contribution >= 4 is 40.3 Å². The third-order valence-electron chi connectivity index (χ3n) is 3.59. The van der Waals surface area contributed by atoms with Gasteiger partial charge in [-0.2, -0.15) is 5.10 Å². The van der Waals surface area contributed by atoms with Crippen LogP contribution in [0.3, 0.4) is 0 Å². The molecule has 0 atom stereocenters. The largest absolute Gasteiger partial charge is 0.488 e. The molecule has 0 aliphatic heterocycles. The summed E-state index contributed by atoms with van der Waals surface area (Å²) >= 11 is 2.15. The van der Waals surface area contributed by atoms with Gasteiger partial charge < -0.3 is 4.74 Å². The van der Waals surface area contributed by atoms with E-state index in [2.05, 4.69) is 38.1 Å². The molecular weight excluding hydrogens is 478 g/mol. The highest BCUT2D eigenvalue weighted by atomic mass is 127. The Morgan fingerprint density at radius 3 is 2.79 bits per heavy atom. The van der Waals surface area contributed by atoms with Gasteiger partial charge in [0.2, 0.25) is 0 Å². The van der Waals surface area contributed by atoms with Gasteiger partial charge in [-0.05, 0) is 70.1 Å². The quantitative estimate of drug-likeness (QED) is 0.223. The molecule has 0 saturated heterocycles. The number of nitro groups is 1. The molecule has 3 rings (SSSR count). The average molecular weight is 492 g/mol. The molecular formula is C19H14FIN4O3. The maximum absolute atomic E-state index is 13.2. The van der Waals surface area contributed by atoms with Gasteiger partial charge in [-0.25, -0.2) is 9.37 Å². The first-order valence-corrected chi connectivity index (χ1v) is 9.15. The van der Waals surface area contributed by atoms with E-state index < -0.39 is 4.92 Å². The van der Waals surface area contributed by atoms with Crippen LogP contribution in [0.4, 0.5) is 15.9 Å². The summed E-state index contributed by atoms with van der Waals surface area (Å²) in [4.78, 5) is 14.0. The number of hydrazone groups is 1. The lowest BCUT2D eigenvalue weighted by molar-refractivity contribution is -0.385. The maximum atomic E-state index is 13.2. The molecule has 0 spiro atoms. The molecule has 1 aromatic heterocycles. The second-order valence-electron chi connectivity index (χ2n) is 5.64. The molecule has 142 valence electrons. The molecule has 0 amide bonds. The standard InChI is InChI=1S/C19H14FIN4O3/c20-15-3-1-2-14(8-15)12-28-18-6-4-13(9-17(18)21)10-23-24-19-7-5-16(11-22-19)25(26)27/h1-11H,12H2,(H,22,24)/b23-10+. The summed E-state index contributed by atoms with van der Waals surface area (Å²) in [5.74, 6) is 0.788. The average Bonchev–Trinajstić information content (AvgIpc) is 2.68. The van der Waals surface area contributed by atoms with Gasteiger partial charge in [-0.1, -0.05) is 12.1 Å². The topological polar surface area (TPSA) is 89.7 Å². The van der Waals surface area contributed by atoms with Crippen molar-refractivity contribution in [2.24, 2.45) is 5.10 Å². The fourth-order valence-electron chi connectivity index (χ4n) is 2.24. The first-order valence-electron chi connectivity index (χ1n) is 8.07. The number of anilines is 1. The van der Waals surface area contributed by atoms with Gasteiger partial charge in [-0.15, -0.1) is 0 Å². The summed E-state index contributed by atoms with van der Waals surface area (Å²) in [5, 5.41) is 14.7. The van der Waals surface area contributed by atoms with Crippen molar-refractivity contribution in [3.63, 3.8) is 0 Å². The second-order valence-corrected chi connectivity index (χ2v) is 6.80. The molecule has 1 N–H and O–H groups in total. The second kappa shape index (κ2) is 9.22. The van der Waals surface area contributed by atoms with Gasteiger partial charge in [0.1, 0.15) is 30.2 Å². The molecule has 7 nitrogen and oxygen atoms in total. The molecule has 28 heavy (non-hydrogen) atoms. The Balaban J connectivity index is 1.58. The minimum Gasteiger partial charge on any atom is -0.488 e. The lowest BCUT2D eigenvalue weighted by Gasteiger charge is -2.09. The molecule has 0 radical (unpaired) electrons. The van der Waals surface area contributed by atoms with E-state index >= 15 is 0 Å². The fraction of sp³-hybridized carbons (Fsp3) is 0.0526. The first-order chi connectivity index (χ1) is 13.5. The number of aromatic nitrogens is 1. The van der Waals surface area contributed by atoms with E-state index in [0.29, 0.717) is 11.6 Å². The number of nitrogens with zero attached hydrogens (tertiary/aromatic N) is 3. The maximum Gasteiger partial charge on any atom is 0.287 e. The van der Waals surface area contributed by atoms with Crippen molar-refractivity contribution in [3.05, 3.63) is 91.4 Å². The van der Waals surface area contributed by atoms with E-state index in [-0.39, 0.29) is 18.1 Å². The zero-order valence-electron chi connectivity index (χ0n) is 14.4. The van der Waals surface area contributed by atoms with Crippen molar-refractivity contribution in [2.45, 2.75) is 6.61 Å². The van der Waals surface area contributed by atoms with Crippen LogP contribution in [0.25, 0.3) is 0 Å². The number of benzene rings is 2. The minimum absolute atomic E-state index is 0.0853. The number of rotatable bonds is 7. The van der Waals surface area contributed by atoms with Crippen LogP contribution in [0.1, 0.15) is 11.1 Å². The van der Waals surface area contributed by atoms with Crippen molar-refractivity contribution in [1.29, 1.82) is 0 Å². The summed E-state index contributed by atoms with van der Waals surface area (Å²) in [7, 11) is 0. The number of ether oxygens (including phenoxy) is 1. The molecule has 1 heterocycles. The van der Waals surface area contributed by atoms with E-state index in [0.717, 1.165) is 20.9 Å². The van der Waals surface area contributed by atoms with Gasteiger partial charge in [0.25, 0.3) is 5.69 Å². The molecule has 0 saturated carbocycles. The van der Waals surface area contributed by atoms with Gasteiger partial charge in [0.05, 0.1) is 14.7 Å². The third kappa shape index (κ3) is 5.46. The van der Waals surface area contributed by atoms with Crippen LogP contribution in [-0.4, -0.2) is 16.1 Å². The van der Waals surface area contributed by atoms with Crippen LogP contribution < -0.4 is 10.2 Å². The van der Waals surface area contributed by atoms with Crippen LogP contribution in [0.2, 0.25) is 0 Å². The van der Waals surface area contributed by atoms with Crippen LogP contribution in [0.5, 0.6) is 5.75 Å². The number of nitrogens with one attached hydrogen (secondary N) is 1. The molecule has 0 fully saturated rings. The summed E-state index contributed by atoms with van der Waals surface area (Å²) in [6.45, 7) is 0.272. The lowest BCUT2D eigenvalue weighted by atomic mass is 10.2. The molecule has 0 bridgehead atoms. The Kier molecular flexibility index (Phi) is 6.48. The number of halogens is 2. The molecule has 0 aliphatic carbocycles. The monoisotopic (exact) mass is 492 g/mol. The number of hydrogen-bond acceptors (Lipinski definition) is 6. The highest BCUT2D eigenvalue weighted by Gasteiger charge is 2.05. The first kappa shape index (κ1) is 19.7. The van der Waals surface area contributed by atoms with Crippen LogP contribution in [0.15, 0.2) is 65.9 Å². The molecule has 9 heteroatoms. The van der Waals surface area contributed by atoms with E-state index in [1.54, 1.807) is 18.3 Å². The third-order valence-corrected chi connectivity index (χ3v) is 4.43. The van der Waals surface area contributed by atoms with E-state index in [9.17, 15) is 14.5 Å².